The van der Waals surface area contributed by atoms with Crippen LogP contribution < -0.4 is 0 Å². The topological polar surface area (TPSA) is 42.4 Å². The van der Waals surface area contributed by atoms with Crippen LogP contribution in [0.4, 0.5) is 0 Å². The fourth-order valence-electron chi connectivity index (χ4n) is 2.40. The summed E-state index contributed by atoms with van der Waals surface area (Å²) in [6.07, 6.45) is 7.24. The predicted molar refractivity (Wildman–Crippen MR) is 73.8 cm³/mol. The predicted octanol–water partition coefficient (Wildman–Crippen LogP) is 2.04. The zero-order chi connectivity index (χ0) is 13.5. The van der Waals surface area contributed by atoms with Gasteiger partial charge in [0.2, 0.25) is 5.91 Å². The molecule has 1 fully saturated rings. The van der Waals surface area contributed by atoms with Crippen molar-refractivity contribution in [1.29, 1.82) is 0 Å². The fourth-order valence-corrected chi connectivity index (χ4v) is 2.40. The quantitative estimate of drug-likeness (QED) is 0.788. The van der Waals surface area contributed by atoms with Gasteiger partial charge in [-0.25, -0.2) is 0 Å². The molecule has 0 spiro atoms. The molecule has 0 bridgehead atoms. The van der Waals surface area contributed by atoms with Gasteiger partial charge in [0.1, 0.15) is 0 Å². The van der Waals surface area contributed by atoms with E-state index in [4.69, 9.17) is 4.74 Å². The van der Waals surface area contributed by atoms with Gasteiger partial charge in [0.25, 0.3) is 0 Å². The first-order valence-corrected chi connectivity index (χ1v) is 7.08. The Morgan fingerprint density at radius 1 is 1.47 bits per heavy atom. The molecule has 2 rings (SSSR count). The van der Waals surface area contributed by atoms with Gasteiger partial charge in [-0.2, -0.15) is 0 Å². The molecule has 4 heteroatoms. The van der Waals surface area contributed by atoms with Crippen LogP contribution in [0.5, 0.6) is 0 Å². The molecule has 0 N–H and O–H groups in total. The molecule has 1 aliphatic heterocycles. The smallest absolute Gasteiger partial charge is 0.225 e. The lowest BCUT2D eigenvalue weighted by atomic mass is 10.1. The number of hydrogen-bond acceptors (Lipinski definition) is 3. The number of carbonyl (C=O) groups is 1. The molecule has 0 aromatic carbocycles. The van der Waals surface area contributed by atoms with Gasteiger partial charge >= 0.3 is 0 Å². The maximum absolute atomic E-state index is 12.2. The Kier molecular flexibility index (Phi) is 5.33. The minimum absolute atomic E-state index is 0.141. The maximum Gasteiger partial charge on any atom is 0.225 e. The Hall–Kier alpha value is -1.42. The van der Waals surface area contributed by atoms with E-state index in [9.17, 15) is 4.79 Å². The molecule has 0 saturated carbocycles. The lowest BCUT2D eigenvalue weighted by molar-refractivity contribution is -0.133. The van der Waals surface area contributed by atoms with Crippen molar-refractivity contribution in [3.8, 4) is 0 Å². The van der Waals surface area contributed by atoms with E-state index >= 15 is 0 Å². The molecule has 1 aromatic heterocycles. The lowest BCUT2D eigenvalue weighted by Gasteiger charge is -2.22. The Morgan fingerprint density at radius 3 is 2.89 bits per heavy atom. The first-order valence-electron chi connectivity index (χ1n) is 7.08. The van der Waals surface area contributed by atoms with Crippen LogP contribution in [0.3, 0.4) is 0 Å². The van der Waals surface area contributed by atoms with Crippen LogP contribution in [0.25, 0.3) is 0 Å². The average Bonchev–Trinajstić information content (AvgIpc) is 2.93. The molecular weight excluding hydrogens is 240 g/mol. The number of hydrogen-bond donors (Lipinski definition) is 0. The third kappa shape index (κ3) is 4.31. The van der Waals surface area contributed by atoms with Crippen LogP contribution in [0.1, 0.15) is 31.7 Å². The number of rotatable bonds is 6. The van der Waals surface area contributed by atoms with Crippen molar-refractivity contribution in [1.82, 2.24) is 9.88 Å². The maximum atomic E-state index is 12.2. The SMILES string of the molecule is CCN(CCc1ccncc1)C(=O)CC1CCCO1. The van der Waals surface area contributed by atoms with Crippen molar-refractivity contribution in [2.75, 3.05) is 19.7 Å². The molecule has 0 aliphatic carbocycles. The molecule has 1 unspecified atom stereocenters. The summed E-state index contributed by atoms with van der Waals surface area (Å²) < 4.78 is 5.53. The van der Waals surface area contributed by atoms with E-state index in [1.54, 1.807) is 12.4 Å². The highest BCUT2D eigenvalue weighted by molar-refractivity contribution is 5.76. The van der Waals surface area contributed by atoms with E-state index in [0.29, 0.717) is 6.42 Å². The minimum Gasteiger partial charge on any atom is -0.378 e. The molecule has 104 valence electrons. The van der Waals surface area contributed by atoms with E-state index in [1.807, 2.05) is 24.0 Å². The normalized spacial score (nSPS) is 18.5. The third-order valence-electron chi connectivity index (χ3n) is 3.58. The number of likely N-dealkylation sites (N-methyl/N-ethyl adjacent to an activating group) is 1. The highest BCUT2D eigenvalue weighted by atomic mass is 16.5. The van der Waals surface area contributed by atoms with Crippen LogP contribution >= 0.6 is 0 Å². The summed E-state index contributed by atoms with van der Waals surface area (Å²) in [4.78, 5) is 18.1. The first-order chi connectivity index (χ1) is 9.29. The molecule has 1 saturated heterocycles. The molecule has 19 heavy (non-hydrogen) atoms. The molecule has 4 nitrogen and oxygen atoms in total. The molecule has 0 radical (unpaired) electrons. The molecule has 2 heterocycles. The molecule has 1 atom stereocenters. The second-order valence-corrected chi connectivity index (χ2v) is 4.92. The van der Waals surface area contributed by atoms with E-state index in [2.05, 4.69) is 4.98 Å². The van der Waals surface area contributed by atoms with Crippen molar-refractivity contribution >= 4 is 5.91 Å². The summed E-state index contributed by atoms with van der Waals surface area (Å²) in [7, 11) is 0. The van der Waals surface area contributed by atoms with Gasteiger partial charge in [-0.05, 0) is 43.9 Å². The van der Waals surface area contributed by atoms with Crippen molar-refractivity contribution in [2.24, 2.45) is 0 Å². The van der Waals surface area contributed by atoms with E-state index in [0.717, 1.165) is 39.0 Å². The van der Waals surface area contributed by atoms with Crippen molar-refractivity contribution in [3.63, 3.8) is 0 Å². The summed E-state index contributed by atoms with van der Waals surface area (Å²) >= 11 is 0. The third-order valence-corrected chi connectivity index (χ3v) is 3.58. The highest BCUT2D eigenvalue weighted by Gasteiger charge is 2.21. The van der Waals surface area contributed by atoms with Crippen molar-refractivity contribution in [3.05, 3.63) is 30.1 Å². The summed E-state index contributed by atoms with van der Waals surface area (Å²) in [6.45, 7) is 4.36. The van der Waals surface area contributed by atoms with E-state index in [1.165, 1.54) is 5.56 Å². The molecule has 1 aliphatic rings. The molecular formula is C15H22N2O2. The van der Waals surface area contributed by atoms with Crippen molar-refractivity contribution < 1.29 is 9.53 Å². The van der Waals surface area contributed by atoms with E-state index in [-0.39, 0.29) is 12.0 Å². The second-order valence-electron chi connectivity index (χ2n) is 4.92. The van der Waals surface area contributed by atoms with E-state index < -0.39 is 0 Å². The largest absolute Gasteiger partial charge is 0.378 e. The average molecular weight is 262 g/mol. The summed E-state index contributed by atoms with van der Waals surface area (Å²) in [5.41, 5.74) is 1.22. The summed E-state index contributed by atoms with van der Waals surface area (Å²) in [5, 5.41) is 0. The Bertz CT molecular complexity index is 388. The van der Waals surface area contributed by atoms with Gasteiger partial charge in [0, 0.05) is 32.1 Å². The minimum atomic E-state index is 0.141. The summed E-state index contributed by atoms with van der Waals surface area (Å²) in [5.74, 6) is 0.212. The van der Waals surface area contributed by atoms with Gasteiger partial charge in [0.15, 0.2) is 0 Å². The van der Waals surface area contributed by atoms with Gasteiger partial charge in [-0.1, -0.05) is 0 Å². The lowest BCUT2D eigenvalue weighted by Crippen LogP contribution is -2.34. The number of carbonyl (C=O) groups excluding carboxylic acids is 1. The van der Waals surface area contributed by atoms with Crippen LogP contribution in [0.15, 0.2) is 24.5 Å². The first kappa shape index (κ1) is 14.0. The van der Waals surface area contributed by atoms with Crippen molar-refractivity contribution in [2.45, 2.75) is 38.7 Å². The van der Waals surface area contributed by atoms with Crippen LogP contribution in [0.2, 0.25) is 0 Å². The Labute approximate surface area is 114 Å². The van der Waals surface area contributed by atoms with Gasteiger partial charge in [-0.15, -0.1) is 0 Å². The standard InChI is InChI=1S/C15H22N2O2/c1-2-17(10-7-13-5-8-16-9-6-13)15(18)12-14-4-3-11-19-14/h5-6,8-9,14H,2-4,7,10-12H2,1H3. The van der Waals surface area contributed by atoms with Crippen LogP contribution in [0, 0.1) is 0 Å². The second kappa shape index (κ2) is 7.24. The number of amides is 1. The Balaban J connectivity index is 1.80. The molecule has 1 aromatic rings. The van der Waals surface area contributed by atoms with Gasteiger partial charge < -0.3 is 9.64 Å². The number of pyridine rings is 1. The van der Waals surface area contributed by atoms with Gasteiger partial charge in [0.05, 0.1) is 12.5 Å². The monoisotopic (exact) mass is 262 g/mol. The van der Waals surface area contributed by atoms with Crippen LogP contribution in [-0.4, -0.2) is 41.6 Å². The van der Waals surface area contributed by atoms with Gasteiger partial charge in [-0.3, -0.25) is 9.78 Å². The zero-order valence-electron chi connectivity index (χ0n) is 11.5. The number of aromatic nitrogens is 1. The Morgan fingerprint density at radius 2 is 2.26 bits per heavy atom. The zero-order valence-corrected chi connectivity index (χ0v) is 11.5. The summed E-state index contributed by atoms with van der Waals surface area (Å²) in [6, 6.07) is 4.00. The number of ether oxygens (including phenoxy) is 1. The highest BCUT2D eigenvalue weighted by Crippen LogP contribution is 2.16. The molecule has 1 amide bonds. The van der Waals surface area contributed by atoms with Crippen LogP contribution in [-0.2, 0) is 16.0 Å². The fraction of sp³-hybridized carbons (Fsp3) is 0.600. The number of nitrogens with zero attached hydrogens (tertiary/aromatic N) is 2.